The van der Waals surface area contributed by atoms with Gasteiger partial charge in [-0.1, -0.05) is 25.1 Å². The maximum Gasteiger partial charge on any atom is 0.226 e. The normalized spacial score (nSPS) is 14.8. The van der Waals surface area contributed by atoms with Crippen LogP contribution in [0.3, 0.4) is 0 Å². The Balaban J connectivity index is 1.81. The summed E-state index contributed by atoms with van der Waals surface area (Å²) in [7, 11) is 1.78. The van der Waals surface area contributed by atoms with Crippen molar-refractivity contribution < 1.29 is 14.6 Å². The van der Waals surface area contributed by atoms with Gasteiger partial charge in [0.1, 0.15) is 11.4 Å². The van der Waals surface area contributed by atoms with Gasteiger partial charge in [0.05, 0.1) is 25.3 Å². The van der Waals surface area contributed by atoms with Crippen LogP contribution in [0.2, 0.25) is 0 Å². The van der Waals surface area contributed by atoms with E-state index in [1.54, 1.807) is 38.0 Å². The molecule has 1 heterocycles. The molecular formula is C17H23N3O3. The monoisotopic (exact) mass is 317 g/mol. The average molecular weight is 317 g/mol. The molecule has 6 nitrogen and oxygen atoms in total. The number of nitrogens with one attached hydrogen (secondary N) is 1. The van der Waals surface area contributed by atoms with E-state index in [0.29, 0.717) is 5.56 Å². The third-order valence-electron chi connectivity index (χ3n) is 3.62. The molecule has 0 radical (unpaired) electrons. The second-order valence-electron chi connectivity index (χ2n) is 5.92. The van der Waals surface area contributed by atoms with Crippen LogP contribution in [-0.4, -0.2) is 33.9 Å². The van der Waals surface area contributed by atoms with Crippen molar-refractivity contribution in [1.29, 1.82) is 0 Å². The molecule has 0 fully saturated rings. The summed E-state index contributed by atoms with van der Waals surface area (Å²) in [6, 6.07) is 9.36. The van der Waals surface area contributed by atoms with E-state index < -0.39 is 5.60 Å². The highest BCUT2D eigenvalue weighted by Crippen LogP contribution is 2.18. The minimum absolute atomic E-state index is 0.118. The topological polar surface area (TPSA) is 76.4 Å². The Morgan fingerprint density at radius 2 is 2.13 bits per heavy atom. The average Bonchev–Trinajstić information content (AvgIpc) is 2.99. The lowest BCUT2D eigenvalue weighted by Gasteiger charge is -2.23. The van der Waals surface area contributed by atoms with E-state index in [9.17, 15) is 9.90 Å². The van der Waals surface area contributed by atoms with Crippen LogP contribution in [-0.2, 0) is 17.4 Å². The van der Waals surface area contributed by atoms with Crippen molar-refractivity contribution in [2.45, 2.75) is 19.4 Å². The van der Waals surface area contributed by atoms with E-state index in [0.717, 1.165) is 5.75 Å². The van der Waals surface area contributed by atoms with Gasteiger partial charge in [-0.3, -0.25) is 9.48 Å². The van der Waals surface area contributed by atoms with Gasteiger partial charge in [0.15, 0.2) is 0 Å². The maximum atomic E-state index is 12.1. The van der Waals surface area contributed by atoms with Gasteiger partial charge in [-0.25, -0.2) is 0 Å². The van der Waals surface area contributed by atoms with Crippen molar-refractivity contribution >= 4 is 5.91 Å². The molecule has 1 aromatic heterocycles. The summed E-state index contributed by atoms with van der Waals surface area (Å²) in [4.78, 5) is 12.1. The summed E-state index contributed by atoms with van der Waals surface area (Å²) in [6.07, 6.45) is 3.32. The van der Waals surface area contributed by atoms with Crippen LogP contribution in [0.25, 0.3) is 0 Å². The molecule has 2 atom stereocenters. The first kappa shape index (κ1) is 17.0. The van der Waals surface area contributed by atoms with Crippen LogP contribution < -0.4 is 10.1 Å². The van der Waals surface area contributed by atoms with Crippen molar-refractivity contribution in [3.8, 4) is 5.75 Å². The Hall–Kier alpha value is -2.34. The van der Waals surface area contributed by atoms with Crippen molar-refractivity contribution in [2.75, 3.05) is 13.2 Å². The number of benzene rings is 1. The number of hydrogen-bond acceptors (Lipinski definition) is 4. The molecule has 0 aliphatic carbocycles. The van der Waals surface area contributed by atoms with Gasteiger partial charge in [-0.2, -0.15) is 5.10 Å². The molecule has 124 valence electrons. The lowest BCUT2D eigenvalue weighted by Crippen LogP contribution is -2.41. The number of hydrogen-bond donors (Lipinski definition) is 2. The quantitative estimate of drug-likeness (QED) is 0.810. The summed E-state index contributed by atoms with van der Waals surface area (Å²) in [5.41, 5.74) is -0.502. The number of para-hydroxylation sites is 1. The predicted octanol–water partition coefficient (Wildman–Crippen LogP) is 1.46. The molecule has 0 spiro atoms. The van der Waals surface area contributed by atoms with Gasteiger partial charge in [0, 0.05) is 18.8 Å². The number of aliphatic hydroxyl groups is 1. The van der Waals surface area contributed by atoms with Crippen LogP contribution in [0.4, 0.5) is 0 Å². The van der Waals surface area contributed by atoms with E-state index in [2.05, 4.69) is 10.4 Å². The number of nitrogens with zero attached hydrogens (tertiary/aromatic N) is 2. The first-order chi connectivity index (χ1) is 10.9. The Morgan fingerprint density at radius 3 is 2.74 bits per heavy atom. The summed E-state index contributed by atoms with van der Waals surface area (Å²) < 4.78 is 7.19. The number of rotatable bonds is 7. The molecule has 2 unspecified atom stereocenters. The number of aryl methyl sites for hydroxylation is 1. The lowest BCUT2D eigenvalue weighted by molar-refractivity contribution is -0.126. The molecule has 0 aliphatic rings. The zero-order valence-corrected chi connectivity index (χ0v) is 13.7. The molecule has 6 heteroatoms. The molecular weight excluding hydrogens is 294 g/mol. The van der Waals surface area contributed by atoms with Crippen molar-refractivity contribution in [3.63, 3.8) is 0 Å². The number of aromatic nitrogens is 2. The van der Waals surface area contributed by atoms with E-state index in [-0.39, 0.29) is 25.0 Å². The predicted molar refractivity (Wildman–Crippen MR) is 86.9 cm³/mol. The number of carbonyl (C=O) groups is 1. The van der Waals surface area contributed by atoms with Gasteiger partial charge in [0.2, 0.25) is 5.91 Å². The summed E-state index contributed by atoms with van der Waals surface area (Å²) in [5.74, 6) is 0.250. The molecule has 2 rings (SSSR count). The van der Waals surface area contributed by atoms with Gasteiger partial charge in [-0.15, -0.1) is 0 Å². The zero-order chi connectivity index (χ0) is 16.9. The number of amides is 1. The Labute approximate surface area is 136 Å². The fourth-order valence-corrected chi connectivity index (χ4v) is 2.05. The van der Waals surface area contributed by atoms with Gasteiger partial charge >= 0.3 is 0 Å². The molecule has 23 heavy (non-hydrogen) atoms. The van der Waals surface area contributed by atoms with E-state index in [1.807, 2.05) is 30.3 Å². The van der Waals surface area contributed by atoms with Crippen LogP contribution in [0, 0.1) is 5.92 Å². The molecule has 0 saturated carbocycles. The second kappa shape index (κ2) is 7.28. The molecule has 2 aromatic rings. The van der Waals surface area contributed by atoms with Gasteiger partial charge in [0.25, 0.3) is 0 Å². The second-order valence-corrected chi connectivity index (χ2v) is 5.92. The highest BCUT2D eigenvalue weighted by atomic mass is 16.5. The van der Waals surface area contributed by atoms with Crippen molar-refractivity contribution in [3.05, 3.63) is 48.3 Å². The van der Waals surface area contributed by atoms with Crippen LogP contribution >= 0.6 is 0 Å². The third-order valence-corrected chi connectivity index (χ3v) is 3.62. The number of ether oxygens (including phenoxy) is 1. The highest BCUT2D eigenvalue weighted by Gasteiger charge is 2.26. The van der Waals surface area contributed by atoms with E-state index in [1.165, 1.54) is 0 Å². The number of carbonyl (C=O) groups excluding carboxylic acids is 1. The van der Waals surface area contributed by atoms with Crippen LogP contribution in [0.5, 0.6) is 5.75 Å². The molecule has 1 aromatic carbocycles. The molecule has 0 bridgehead atoms. The molecule has 0 aliphatic heterocycles. The maximum absolute atomic E-state index is 12.1. The van der Waals surface area contributed by atoms with Crippen LogP contribution in [0.1, 0.15) is 19.4 Å². The summed E-state index contributed by atoms with van der Waals surface area (Å²) in [5, 5.41) is 17.2. The smallest absolute Gasteiger partial charge is 0.226 e. The highest BCUT2D eigenvalue weighted by molar-refractivity contribution is 5.78. The fourth-order valence-electron chi connectivity index (χ4n) is 2.05. The fraction of sp³-hybridized carbons (Fsp3) is 0.412. The molecule has 0 saturated heterocycles. The van der Waals surface area contributed by atoms with Crippen LogP contribution in [0.15, 0.2) is 42.7 Å². The largest absolute Gasteiger partial charge is 0.493 e. The summed E-state index contributed by atoms with van der Waals surface area (Å²) >= 11 is 0. The minimum atomic E-state index is -1.16. The Kier molecular flexibility index (Phi) is 5.39. The standard InChI is InChI=1S/C17H23N3O3/c1-13(11-23-15-7-5-4-6-8-15)16(21)18-12-17(2,22)14-9-19-20(3)10-14/h4-10,13,22H,11-12H2,1-3H3,(H,18,21). The van der Waals surface area contributed by atoms with E-state index in [4.69, 9.17) is 4.74 Å². The van der Waals surface area contributed by atoms with Crippen molar-refractivity contribution in [2.24, 2.45) is 13.0 Å². The van der Waals surface area contributed by atoms with Gasteiger partial charge < -0.3 is 15.2 Å². The molecule has 2 N–H and O–H groups in total. The summed E-state index contributed by atoms with van der Waals surface area (Å²) in [6.45, 7) is 3.84. The molecule has 1 amide bonds. The first-order valence-corrected chi connectivity index (χ1v) is 7.55. The Bertz CT molecular complexity index is 638. The third kappa shape index (κ3) is 4.82. The minimum Gasteiger partial charge on any atom is -0.493 e. The Morgan fingerprint density at radius 1 is 1.43 bits per heavy atom. The van der Waals surface area contributed by atoms with E-state index >= 15 is 0 Å². The lowest BCUT2D eigenvalue weighted by atomic mass is 9.99. The van der Waals surface area contributed by atoms with Crippen molar-refractivity contribution in [1.82, 2.24) is 15.1 Å². The van der Waals surface area contributed by atoms with Gasteiger partial charge in [-0.05, 0) is 19.1 Å². The SMILES string of the molecule is CC(COc1ccccc1)C(=O)NCC(C)(O)c1cnn(C)c1. The zero-order valence-electron chi connectivity index (χ0n) is 13.7. The first-order valence-electron chi connectivity index (χ1n) is 7.55.